The molecule has 9 heteroatoms. The first-order valence-electron chi connectivity index (χ1n) is 12.6. The molecule has 0 spiro atoms. The van der Waals surface area contributed by atoms with Gasteiger partial charge in [-0.25, -0.2) is 18.4 Å². The third-order valence-electron chi connectivity index (χ3n) is 10.0. The van der Waals surface area contributed by atoms with Crippen LogP contribution >= 0.6 is 11.8 Å². The minimum Gasteiger partial charge on any atom is -0.390 e. The summed E-state index contributed by atoms with van der Waals surface area (Å²) in [5.41, 5.74) is 0.00903. The Morgan fingerprint density at radius 3 is 2.75 bits per heavy atom. The van der Waals surface area contributed by atoms with Gasteiger partial charge in [-0.05, 0) is 73.6 Å². The van der Waals surface area contributed by atoms with E-state index in [1.807, 2.05) is 19.9 Å². The first-order valence-corrected chi connectivity index (χ1v) is 13.6. The molecule has 1 N–H and O–H groups in total. The average molecular weight is 518 g/mol. The Balaban J connectivity index is 1.37. The van der Waals surface area contributed by atoms with Crippen LogP contribution in [0.1, 0.15) is 57.2 Å². The predicted molar refractivity (Wildman–Crippen MR) is 131 cm³/mol. The van der Waals surface area contributed by atoms with Crippen LogP contribution in [0.25, 0.3) is 11.8 Å². The lowest BCUT2D eigenvalue weighted by Crippen LogP contribution is -2.67. The Morgan fingerprint density at radius 2 is 2.03 bits per heavy atom. The minimum atomic E-state index is -1.84. The molecular formula is C27H30F3N3O2S. The Morgan fingerprint density at radius 1 is 1.22 bits per heavy atom. The molecule has 36 heavy (non-hydrogen) atoms. The van der Waals surface area contributed by atoms with Gasteiger partial charge in [0, 0.05) is 17.3 Å². The number of aliphatic hydroxyl groups is 1. The fourth-order valence-electron chi connectivity index (χ4n) is 8.29. The normalized spacial score (nSPS) is 39.0. The quantitative estimate of drug-likeness (QED) is 0.548. The van der Waals surface area contributed by atoms with Crippen LogP contribution in [0.15, 0.2) is 30.1 Å². The van der Waals surface area contributed by atoms with Crippen molar-refractivity contribution in [2.45, 2.75) is 64.1 Å². The number of aliphatic hydroxyl groups excluding tert-OH is 1. The maximum atomic E-state index is 17.6. The minimum absolute atomic E-state index is 0.0344. The SMILES string of the molecule is CC12CC(O)C3(F)C(CCC4=Cc5c(cnn5-c5ccc(F)nc5)CC43C)C1CCC2C(=O)SCF. The van der Waals surface area contributed by atoms with Gasteiger partial charge >= 0.3 is 0 Å². The van der Waals surface area contributed by atoms with E-state index in [0.717, 1.165) is 23.3 Å². The van der Waals surface area contributed by atoms with E-state index in [9.17, 15) is 18.7 Å². The van der Waals surface area contributed by atoms with Crippen LogP contribution in [-0.2, 0) is 11.2 Å². The van der Waals surface area contributed by atoms with E-state index in [1.54, 1.807) is 16.9 Å². The number of carbonyl (C=O) groups is 1. The standard InChI is InChI=1S/C27H30F3N3O2S/c1-25-11-22(34)27(30)19(18(25)6-7-20(25)24(35)36-14-28)5-3-16-9-21-15(10-26(16,27)2)12-32-33(21)17-4-8-23(29)31-13-17/h4,8-9,12-13,18-20,22,34H,3,5-7,10-11,14H2,1-2H3. The van der Waals surface area contributed by atoms with E-state index in [2.05, 4.69) is 10.1 Å². The second-order valence-corrected chi connectivity index (χ2v) is 12.3. The van der Waals surface area contributed by atoms with Gasteiger partial charge in [-0.3, -0.25) is 4.79 Å². The zero-order valence-corrected chi connectivity index (χ0v) is 21.2. The Kier molecular flexibility index (Phi) is 5.51. The molecular weight excluding hydrogens is 487 g/mol. The van der Waals surface area contributed by atoms with Crippen LogP contribution in [-0.4, -0.2) is 42.8 Å². The van der Waals surface area contributed by atoms with Crippen LogP contribution in [0.5, 0.6) is 0 Å². The molecule has 5 nitrogen and oxygen atoms in total. The highest BCUT2D eigenvalue weighted by molar-refractivity contribution is 8.13. The summed E-state index contributed by atoms with van der Waals surface area (Å²) in [6.07, 6.45) is 7.14. The molecule has 6 rings (SSSR count). The van der Waals surface area contributed by atoms with E-state index in [1.165, 1.54) is 12.3 Å². The Hall–Kier alpha value is -2.13. The van der Waals surface area contributed by atoms with Crippen molar-refractivity contribution in [2.75, 3.05) is 6.01 Å². The van der Waals surface area contributed by atoms with Crippen LogP contribution in [0, 0.1) is 34.5 Å². The number of halogens is 3. The molecule has 0 saturated heterocycles. The highest BCUT2D eigenvalue weighted by Gasteiger charge is 2.71. The van der Waals surface area contributed by atoms with Gasteiger partial charge in [0.15, 0.2) is 5.12 Å². The number of pyridine rings is 1. The van der Waals surface area contributed by atoms with Gasteiger partial charge in [0.05, 0.1) is 29.9 Å². The van der Waals surface area contributed by atoms with Gasteiger partial charge in [0.1, 0.15) is 11.7 Å². The molecule has 2 aromatic heterocycles. The van der Waals surface area contributed by atoms with Gasteiger partial charge in [0.2, 0.25) is 5.95 Å². The van der Waals surface area contributed by atoms with Gasteiger partial charge in [-0.2, -0.15) is 9.49 Å². The summed E-state index contributed by atoms with van der Waals surface area (Å²) in [5.74, 6) is -1.33. The molecule has 2 aromatic rings. The predicted octanol–water partition coefficient (Wildman–Crippen LogP) is 5.45. The number of hydrogen-bond donors (Lipinski definition) is 1. The Bertz CT molecular complexity index is 1250. The fraction of sp³-hybridized carbons (Fsp3) is 0.593. The Labute approximate surface area is 212 Å². The molecule has 4 aliphatic rings. The van der Waals surface area contributed by atoms with E-state index in [4.69, 9.17) is 0 Å². The second kappa shape index (κ2) is 8.18. The number of fused-ring (bicyclic) bond motifs is 6. The number of nitrogens with zero attached hydrogens (tertiary/aromatic N) is 3. The third-order valence-corrected chi connectivity index (χ3v) is 10.7. The van der Waals surface area contributed by atoms with Crippen molar-refractivity contribution in [3.63, 3.8) is 0 Å². The van der Waals surface area contributed by atoms with Crippen molar-refractivity contribution in [2.24, 2.45) is 28.6 Å². The third kappa shape index (κ3) is 3.11. The molecule has 0 amide bonds. The van der Waals surface area contributed by atoms with Crippen molar-refractivity contribution < 1.29 is 23.1 Å². The molecule has 0 aromatic carbocycles. The smallest absolute Gasteiger partial charge is 0.212 e. The van der Waals surface area contributed by atoms with Crippen LogP contribution in [0.4, 0.5) is 13.2 Å². The monoisotopic (exact) mass is 517 g/mol. The molecule has 4 aliphatic carbocycles. The summed E-state index contributed by atoms with van der Waals surface area (Å²) < 4.78 is 45.6. The lowest BCUT2D eigenvalue weighted by Gasteiger charge is -2.62. The topological polar surface area (TPSA) is 68.0 Å². The van der Waals surface area contributed by atoms with Crippen LogP contribution in [0.3, 0.4) is 0 Å². The summed E-state index contributed by atoms with van der Waals surface area (Å²) in [6.45, 7) is 3.93. The summed E-state index contributed by atoms with van der Waals surface area (Å²) >= 11 is 0.699. The van der Waals surface area contributed by atoms with Gasteiger partial charge in [0.25, 0.3) is 0 Å². The summed E-state index contributed by atoms with van der Waals surface area (Å²) in [4.78, 5) is 16.5. The number of allylic oxidation sites excluding steroid dienone is 1. The molecule has 192 valence electrons. The largest absolute Gasteiger partial charge is 0.390 e. The summed E-state index contributed by atoms with van der Waals surface area (Å²) in [5, 5.41) is 15.8. The number of rotatable bonds is 3. The van der Waals surface area contributed by atoms with Gasteiger partial charge in [-0.1, -0.05) is 31.2 Å². The van der Waals surface area contributed by atoms with E-state index < -0.39 is 34.6 Å². The molecule has 0 radical (unpaired) electrons. The summed E-state index contributed by atoms with van der Waals surface area (Å²) in [7, 11) is 0. The van der Waals surface area contributed by atoms with Crippen LogP contribution in [0.2, 0.25) is 0 Å². The van der Waals surface area contributed by atoms with Gasteiger partial charge in [-0.15, -0.1) is 0 Å². The number of alkyl halides is 2. The lowest BCUT2D eigenvalue weighted by atomic mass is 9.44. The zero-order valence-electron chi connectivity index (χ0n) is 20.4. The number of aromatic nitrogens is 3. The molecule has 0 bridgehead atoms. The highest BCUT2D eigenvalue weighted by Crippen LogP contribution is 2.69. The first kappa shape index (κ1) is 24.2. The fourth-order valence-corrected chi connectivity index (χ4v) is 8.99. The van der Waals surface area contributed by atoms with Crippen molar-refractivity contribution in [3.8, 4) is 5.69 Å². The lowest BCUT2D eigenvalue weighted by molar-refractivity contribution is -0.205. The highest BCUT2D eigenvalue weighted by atomic mass is 32.2. The number of thioether (sulfide) groups is 1. The van der Waals surface area contributed by atoms with E-state index >= 15 is 4.39 Å². The maximum absolute atomic E-state index is 17.6. The summed E-state index contributed by atoms with van der Waals surface area (Å²) in [6, 6.07) is 2.14. The molecule has 7 unspecified atom stereocenters. The molecule has 2 heterocycles. The van der Waals surface area contributed by atoms with Gasteiger partial charge < -0.3 is 5.11 Å². The molecule has 3 fully saturated rings. The molecule has 3 saturated carbocycles. The van der Waals surface area contributed by atoms with Crippen molar-refractivity contribution in [1.29, 1.82) is 0 Å². The molecule has 0 aliphatic heterocycles. The van der Waals surface area contributed by atoms with Crippen LogP contribution < -0.4 is 0 Å². The maximum Gasteiger partial charge on any atom is 0.212 e. The average Bonchev–Trinajstić information content (AvgIpc) is 3.39. The first-order chi connectivity index (χ1) is 17.1. The van der Waals surface area contributed by atoms with E-state index in [0.29, 0.717) is 43.1 Å². The number of hydrogen-bond acceptors (Lipinski definition) is 5. The molecule has 7 atom stereocenters. The van der Waals surface area contributed by atoms with Crippen molar-refractivity contribution >= 4 is 23.0 Å². The zero-order chi connectivity index (χ0) is 25.5. The van der Waals surface area contributed by atoms with Crippen molar-refractivity contribution in [1.82, 2.24) is 14.8 Å². The van der Waals surface area contributed by atoms with E-state index in [-0.39, 0.29) is 29.3 Å². The number of carbonyl (C=O) groups excluding carboxylic acids is 1. The second-order valence-electron chi connectivity index (χ2n) is 11.4. The van der Waals surface area contributed by atoms with Crippen molar-refractivity contribution in [3.05, 3.63) is 47.3 Å².